The second-order valence-electron chi connectivity index (χ2n) is 21.6. The number of phenolic OH excluding ortho intramolecular Hbond substituents is 1. The topological polar surface area (TPSA) is 50.9 Å². The lowest BCUT2D eigenvalue weighted by Crippen LogP contribution is -2.17. The van der Waals surface area contributed by atoms with Gasteiger partial charge in [0.25, 0.3) is 0 Å². The van der Waals surface area contributed by atoms with Crippen molar-refractivity contribution >= 4 is 11.0 Å². The zero-order chi connectivity index (χ0) is 45.2. The third-order valence-electron chi connectivity index (χ3n) is 12.4. The van der Waals surface area contributed by atoms with E-state index in [1.54, 1.807) is 0 Å². The van der Waals surface area contributed by atoms with E-state index in [0.717, 1.165) is 78.0 Å². The lowest BCUT2D eigenvalue weighted by atomic mass is 9.79. The second kappa shape index (κ2) is 15.8. The van der Waals surface area contributed by atoms with Crippen molar-refractivity contribution in [3.05, 3.63) is 167 Å². The number of nitrogens with zero attached hydrogens (tertiary/aromatic N) is 3. The maximum absolute atomic E-state index is 12.5. The number of para-hydroxylation sites is 1. The normalized spacial score (nSPS) is 12.6. The fourth-order valence-corrected chi connectivity index (χ4v) is 8.49. The molecule has 2 heterocycles. The number of imidazole rings is 1. The lowest BCUT2D eigenvalue weighted by molar-refractivity contribution is 0.446. The minimum absolute atomic E-state index is 0.0692. The van der Waals surface area contributed by atoms with Crippen LogP contribution in [0.25, 0.3) is 72.7 Å². The van der Waals surface area contributed by atoms with Gasteiger partial charge >= 0.3 is 0 Å². The molecule has 0 atom stereocenters. The van der Waals surface area contributed by atoms with Gasteiger partial charge in [-0.3, -0.25) is 9.55 Å². The summed E-state index contributed by atoms with van der Waals surface area (Å²) in [6.07, 6.45) is 1.92. The van der Waals surface area contributed by atoms with E-state index in [9.17, 15) is 5.11 Å². The molecule has 0 radical (unpaired) electrons. The van der Waals surface area contributed by atoms with Crippen molar-refractivity contribution in [2.45, 2.75) is 112 Å². The van der Waals surface area contributed by atoms with Gasteiger partial charge in [0.2, 0.25) is 0 Å². The Balaban J connectivity index is 1.46. The predicted molar refractivity (Wildman–Crippen MR) is 267 cm³/mol. The lowest BCUT2D eigenvalue weighted by Gasteiger charge is -2.28. The van der Waals surface area contributed by atoms with E-state index in [1.807, 2.05) is 6.20 Å². The molecule has 2 aromatic heterocycles. The maximum atomic E-state index is 12.5. The van der Waals surface area contributed by atoms with E-state index in [2.05, 4.69) is 228 Å². The molecule has 8 rings (SSSR count). The summed E-state index contributed by atoms with van der Waals surface area (Å²) in [5.41, 5.74) is 17.2. The number of aromatic nitrogens is 3. The Kier molecular flexibility index (Phi) is 10.9. The molecule has 8 aromatic rings. The zero-order valence-corrected chi connectivity index (χ0v) is 39.6. The smallest absolute Gasteiger partial charge is 0.149 e. The van der Waals surface area contributed by atoms with Crippen LogP contribution in [0.2, 0.25) is 0 Å². The van der Waals surface area contributed by atoms with Gasteiger partial charge in [0.15, 0.2) is 0 Å². The van der Waals surface area contributed by atoms with Gasteiger partial charge in [-0.15, -0.1) is 0 Å². The summed E-state index contributed by atoms with van der Waals surface area (Å²) in [4.78, 5) is 10.6. The summed E-state index contributed by atoms with van der Waals surface area (Å²) in [5, 5.41) is 12.5. The molecular formula is C59H63N3O. The largest absolute Gasteiger partial charge is 0.507 e. The molecule has 6 aromatic carbocycles. The number of benzene rings is 6. The average Bonchev–Trinajstić information content (AvgIpc) is 3.62. The zero-order valence-electron chi connectivity index (χ0n) is 39.6. The number of aryl methyl sites for hydroxylation is 1. The highest BCUT2D eigenvalue weighted by Crippen LogP contribution is 2.46. The van der Waals surface area contributed by atoms with E-state index in [-0.39, 0.29) is 27.4 Å². The van der Waals surface area contributed by atoms with Crippen LogP contribution in [0, 0.1) is 6.92 Å². The average molecular weight is 830 g/mol. The number of hydrogen-bond donors (Lipinski definition) is 1. The SMILES string of the molecule is Cc1ccc(-c2ccnc(-c3cc(-c4cccc5c4nc(-c4cc(C(C)(C)C)cc(C(C)(C)C)c4O)n5-c4ccc(C(C)(C)C)cc4-c4ccccc4)cc(C(C)(C)C)c3)c2)cc1. The van der Waals surface area contributed by atoms with Gasteiger partial charge in [-0.2, -0.15) is 0 Å². The van der Waals surface area contributed by atoms with E-state index in [4.69, 9.17) is 9.97 Å². The van der Waals surface area contributed by atoms with Crippen molar-refractivity contribution in [3.63, 3.8) is 0 Å². The molecule has 0 unspecified atom stereocenters. The van der Waals surface area contributed by atoms with E-state index >= 15 is 0 Å². The minimum atomic E-state index is -0.319. The number of rotatable bonds is 6. The van der Waals surface area contributed by atoms with Gasteiger partial charge in [0.1, 0.15) is 11.6 Å². The molecular weight excluding hydrogens is 767 g/mol. The van der Waals surface area contributed by atoms with Crippen molar-refractivity contribution in [3.8, 4) is 67.5 Å². The van der Waals surface area contributed by atoms with Crippen LogP contribution < -0.4 is 0 Å². The molecule has 63 heavy (non-hydrogen) atoms. The third kappa shape index (κ3) is 8.61. The third-order valence-corrected chi connectivity index (χ3v) is 12.4. The van der Waals surface area contributed by atoms with Crippen LogP contribution in [-0.4, -0.2) is 19.6 Å². The van der Waals surface area contributed by atoms with Crippen LogP contribution in [0.15, 0.2) is 140 Å². The first-order chi connectivity index (χ1) is 29.6. The quantitative estimate of drug-likeness (QED) is 0.182. The molecule has 0 fully saturated rings. The highest BCUT2D eigenvalue weighted by molar-refractivity contribution is 5.98. The fourth-order valence-electron chi connectivity index (χ4n) is 8.49. The molecule has 0 saturated heterocycles. The Bertz CT molecular complexity index is 2980. The molecule has 0 aliphatic carbocycles. The van der Waals surface area contributed by atoms with Crippen molar-refractivity contribution in [1.82, 2.24) is 14.5 Å². The first-order valence-corrected chi connectivity index (χ1v) is 22.4. The first-order valence-electron chi connectivity index (χ1n) is 22.4. The minimum Gasteiger partial charge on any atom is -0.507 e. The fraction of sp³-hybridized carbons (Fsp3) is 0.288. The standard InChI is InChI=1S/C59H63N3O/c1-37-22-24-38(25-23-37)40-28-29-60-50(33-40)42-30-41(31-44(32-42)57(5,6)7)46-20-17-21-52-53(46)61-55(48-35-45(58(8,9)10)36-49(54(48)63)59(11,12)13)62(52)51-27-26-43(56(2,3)4)34-47(51)39-18-15-14-16-19-39/h14-36,63H,1-13H3. The van der Waals surface area contributed by atoms with Crippen LogP contribution in [0.4, 0.5) is 0 Å². The van der Waals surface area contributed by atoms with Gasteiger partial charge in [-0.05, 0) is 116 Å². The van der Waals surface area contributed by atoms with Gasteiger partial charge in [-0.25, -0.2) is 4.98 Å². The Morgan fingerprint density at radius 2 is 1.10 bits per heavy atom. The molecule has 1 N–H and O–H groups in total. The molecule has 0 bridgehead atoms. The van der Waals surface area contributed by atoms with Crippen molar-refractivity contribution in [1.29, 1.82) is 0 Å². The van der Waals surface area contributed by atoms with E-state index in [1.165, 1.54) is 16.7 Å². The first kappa shape index (κ1) is 43.4. The molecule has 4 nitrogen and oxygen atoms in total. The highest BCUT2D eigenvalue weighted by Gasteiger charge is 2.30. The molecule has 4 heteroatoms. The van der Waals surface area contributed by atoms with Gasteiger partial charge in [-0.1, -0.05) is 174 Å². The molecule has 0 aliphatic heterocycles. The summed E-state index contributed by atoms with van der Waals surface area (Å²) < 4.78 is 2.29. The summed E-state index contributed by atoms with van der Waals surface area (Å²) in [6, 6.07) is 48.2. The van der Waals surface area contributed by atoms with Crippen LogP contribution in [0.3, 0.4) is 0 Å². The number of phenols is 1. The van der Waals surface area contributed by atoms with Crippen LogP contribution in [0.5, 0.6) is 5.75 Å². The number of hydrogen-bond acceptors (Lipinski definition) is 3. The summed E-state index contributed by atoms with van der Waals surface area (Å²) in [7, 11) is 0. The number of pyridine rings is 1. The summed E-state index contributed by atoms with van der Waals surface area (Å²) in [6.45, 7) is 28.9. The monoisotopic (exact) mass is 829 g/mol. The van der Waals surface area contributed by atoms with E-state index in [0.29, 0.717) is 5.82 Å². The van der Waals surface area contributed by atoms with Crippen LogP contribution in [0.1, 0.15) is 111 Å². The van der Waals surface area contributed by atoms with Crippen molar-refractivity contribution in [2.24, 2.45) is 0 Å². The predicted octanol–water partition coefficient (Wildman–Crippen LogP) is 16.0. The molecule has 0 amide bonds. The van der Waals surface area contributed by atoms with Crippen LogP contribution in [-0.2, 0) is 21.7 Å². The molecule has 0 spiro atoms. The Morgan fingerprint density at radius 1 is 0.460 bits per heavy atom. The summed E-state index contributed by atoms with van der Waals surface area (Å²) >= 11 is 0. The molecule has 320 valence electrons. The summed E-state index contributed by atoms with van der Waals surface area (Å²) in [5.74, 6) is 0.963. The number of aromatic hydroxyl groups is 1. The van der Waals surface area contributed by atoms with Crippen LogP contribution >= 0.6 is 0 Å². The van der Waals surface area contributed by atoms with Crippen molar-refractivity contribution < 1.29 is 5.11 Å². The Morgan fingerprint density at radius 3 is 1.75 bits per heavy atom. The number of fused-ring (bicyclic) bond motifs is 1. The molecule has 0 saturated carbocycles. The van der Waals surface area contributed by atoms with Gasteiger partial charge in [0.05, 0.1) is 28.0 Å². The second-order valence-corrected chi connectivity index (χ2v) is 21.6. The van der Waals surface area contributed by atoms with Gasteiger partial charge < -0.3 is 5.11 Å². The maximum Gasteiger partial charge on any atom is 0.149 e. The molecule has 0 aliphatic rings. The van der Waals surface area contributed by atoms with E-state index < -0.39 is 0 Å². The van der Waals surface area contributed by atoms with Gasteiger partial charge in [0, 0.05) is 28.5 Å². The Hall–Kier alpha value is -6.26. The van der Waals surface area contributed by atoms with Crippen molar-refractivity contribution in [2.75, 3.05) is 0 Å². The Labute approximate surface area is 375 Å². The highest BCUT2D eigenvalue weighted by atomic mass is 16.3.